The maximum Gasteiger partial charge on any atom is 0.258 e. The molecule has 9 heteroatoms. The molecule has 32 heavy (non-hydrogen) atoms. The molecule has 3 aromatic rings. The monoisotopic (exact) mass is 454 g/mol. The number of aromatic nitrogens is 2. The predicted octanol–water partition coefficient (Wildman–Crippen LogP) is 3.47. The first kappa shape index (κ1) is 23.4. The lowest BCUT2D eigenvalue weighted by atomic mass is 10.2. The first-order valence-electron chi connectivity index (χ1n) is 9.95. The molecule has 0 aliphatic rings. The van der Waals surface area contributed by atoms with Crippen LogP contribution in [0.1, 0.15) is 15.9 Å². The fourth-order valence-electron chi connectivity index (χ4n) is 2.83. The third kappa shape index (κ3) is 6.12. The predicted molar refractivity (Wildman–Crippen MR) is 126 cm³/mol. The highest BCUT2D eigenvalue weighted by molar-refractivity contribution is 7.98. The summed E-state index contributed by atoms with van der Waals surface area (Å²) in [4.78, 5) is 23.5. The number of rotatable bonds is 10. The fourth-order valence-corrected chi connectivity index (χ4v) is 3.82. The van der Waals surface area contributed by atoms with Crippen LogP contribution in [0.2, 0.25) is 0 Å². The van der Waals surface area contributed by atoms with Gasteiger partial charge in [-0.25, -0.2) is 9.97 Å². The van der Waals surface area contributed by atoms with Gasteiger partial charge in [0.1, 0.15) is 28.9 Å². The highest BCUT2D eigenvalue weighted by Crippen LogP contribution is 2.32. The van der Waals surface area contributed by atoms with Gasteiger partial charge in [0.2, 0.25) is 0 Å². The van der Waals surface area contributed by atoms with E-state index in [4.69, 9.17) is 14.6 Å². The zero-order valence-electron chi connectivity index (χ0n) is 18.2. The second-order valence-electron chi connectivity index (χ2n) is 6.94. The van der Waals surface area contributed by atoms with Crippen LogP contribution in [0.25, 0.3) is 0 Å². The molecule has 0 aliphatic carbocycles. The van der Waals surface area contributed by atoms with Crippen molar-refractivity contribution in [1.82, 2.24) is 9.97 Å². The Bertz CT molecular complexity index is 1060. The van der Waals surface area contributed by atoms with Crippen LogP contribution in [-0.4, -0.2) is 55.4 Å². The van der Waals surface area contributed by atoms with E-state index in [1.807, 2.05) is 37.2 Å². The van der Waals surface area contributed by atoms with Crippen LogP contribution >= 0.6 is 11.8 Å². The van der Waals surface area contributed by atoms with Gasteiger partial charge in [0.25, 0.3) is 5.91 Å². The van der Waals surface area contributed by atoms with Crippen molar-refractivity contribution in [1.29, 1.82) is 0 Å². The van der Waals surface area contributed by atoms with E-state index in [0.717, 1.165) is 11.4 Å². The number of methoxy groups -OCH3 is 1. The molecule has 168 valence electrons. The molecule has 0 atom stereocenters. The average Bonchev–Trinajstić information content (AvgIpc) is 2.81. The number of hydrogen-bond donors (Lipinski definition) is 2. The number of ether oxygens (including phenoxy) is 2. The number of anilines is 2. The Labute approximate surface area is 191 Å². The molecule has 0 bridgehead atoms. The van der Waals surface area contributed by atoms with E-state index in [1.54, 1.807) is 43.8 Å². The van der Waals surface area contributed by atoms with Gasteiger partial charge in [0, 0.05) is 55.6 Å². The normalized spacial score (nSPS) is 10.5. The largest absolute Gasteiger partial charge is 0.497 e. The number of carbonyl (C=O) groups excluding carboxylic acids is 1. The van der Waals surface area contributed by atoms with Gasteiger partial charge >= 0.3 is 0 Å². The van der Waals surface area contributed by atoms with E-state index in [9.17, 15) is 4.79 Å². The molecular formula is C23H26N4O4S. The summed E-state index contributed by atoms with van der Waals surface area (Å²) in [5.41, 5.74) is 2.04. The minimum Gasteiger partial charge on any atom is -0.497 e. The molecule has 0 aliphatic heterocycles. The van der Waals surface area contributed by atoms with Crippen LogP contribution in [0.15, 0.2) is 59.9 Å². The molecule has 1 aromatic carbocycles. The zero-order valence-corrected chi connectivity index (χ0v) is 19.1. The van der Waals surface area contributed by atoms with Crippen molar-refractivity contribution >= 4 is 29.2 Å². The van der Waals surface area contributed by atoms with E-state index in [1.165, 1.54) is 11.8 Å². The number of carbonyl (C=O) groups is 1. The van der Waals surface area contributed by atoms with Crippen LogP contribution in [0.5, 0.6) is 11.5 Å². The number of pyridine rings is 2. The second kappa shape index (κ2) is 11.4. The molecule has 0 fully saturated rings. The second-order valence-corrected chi connectivity index (χ2v) is 7.91. The number of nitrogens with zero attached hydrogens (tertiary/aromatic N) is 3. The van der Waals surface area contributed by atoms with Gasteiger partial charge in [-0.05, 0) is 24.3 Å². The highest BCUT2D eigenvalue weighted by atomic mass is 32.2. The Hall–Kier alpha value is -3.30. The number of thioether (sulfide) groups is 1. The first-order valence-corrected chi connectivity index (χ1v) is 10.9. The number of nitrogens with one attached hydrogen (secondary N) is 1. The van der Waals surface area contributed by atoms with Gasteiger partial charge in [0.05, 0.1) is 19.3 Å². The lowest BCUT2D eigenvalue weighted by Crippen LogP contribution is -2.15. The molecule has 0 radical (unpaired) electrons. The molecule has 1 amide bonds. The van der Waals surface area contributed by atoms with E-state index in [-0.39, 0.29) is 19.1 Å². The zero-order chi connectivity index (χ0) is 22.9. The number of amides is 1. The third-order valence-corrected chi connectivity index (χ3v) is 5.52. The first-order chi connectivity index (χ1) is 15.5. The SMILES string of the molecule is COc1ccc(CSc2ncccc2C(=O)Nc2ccnc(N(C)C)c2)c(OCCO)c1. The van der Waals surface area contributed by atoms with Crippen LogP contribution in [-0.2, 0) is 5.75 Å². The number of hydrogen-bond acceptors (Lipinski definition) is 8. The van der Waals surface area contributed by atoms with Crippen molar-refractivity contribution in [3.63, 3.8) is 0 Å². The minimum absolute atomic E-state index is 0.0844. The summed E-state index contributed by atoms with van der Waals surface area (Å²) in [5.74, 6) is 2.32. The summed E-state index contributed by atoms with van der Waals surface area (Å²) in [6.07, 6.45) is 3.31. The quantitative estimate of drug-likeness (QED) is 0.450. The molecule has 2 aromatic heterocycles. The van der Waals surface area contributed by atoms with Gasteiger partial charge in [-0.3, -0.25) is 4.79 Å². The number of aliphatic hydroxyl groups excluding tert-OH is 1. The lowest BCUT2D eigenvalue weighted by Gasteiger charge is -2.14. The van der Waals surface area contributed by atoms with Crippen LogP contribution < -0.4 is 19.7 Å². The van der Waals surface area contributed by atoms with Crippen molar-refractivity contribution < 1.29 is 19.4 Å². The molecule has 3 rings (SSSR count). The third-order valence-electron chi connectivity index (χ3n) is 4.46. The Morgan fingerprint density at radius 3 is 2.75 bits per heavy atom. The summed E-state index contributed by atoms with van der Waals surface area (Å²) >= 11 is 1.43. The van der Waals surface area contributed by atoms with Crippen molar-refractivity contribution in [3.05, 3.63) is 66.0 Å². The van der Waals surface area contributed by atoms with Crippen LogP contribution in [0.3, 0.4) is 0 Å². The summed E-state index contributed by atoms with van der Waals surface area (Å²) in [6, 6.07) is 12.6. The summed E-state index contributed by atoms with van der Waals surface area (Å²) in [6.45, 7) is 0.0990. The smallest absolute Gasteiger partial charge is 0.258 e. The van der Waals surface area contributed by atoms with Gasteiger partial charge < -0.3 is 24.8 Å². The molecule has 0 saturated heterocycles. The molecule has 2 N–H and O–H groups in total. The molecule has 0 unspecified atom stereocenters. The Balaban J connectivity index is 1.76. The van der Waals surface area contributed by atoms with Crippen LogP contribution in [0, 0.1) is 0 Å². The van der Waals surface area contributed by atoms with Gasteiger partial charge in [-0.1, -0.05) is 6.07 Å². The molecule has 0 saturated carbocycles. The Morgan fingerprint density at radius 1 is 1.16 bits per heavy atom. The van der Waals surface area contributed by atoms with E-state index < -0.39 is 0 Å². The van der Waals surface area contributed by atoms with Crippen molar-refractivity contribution in [2.75, 3.05) is 44.6 Å². The molecular weight excluding hydrogens is 428 g/mol. The maximum absolute atomic E-state index is 13.0. The van der Waals surface area contributed by atoms with E-state index in [0.29, 0.717) is 33.5 Å². The Morgan fingerprint density at radius 2 is 2.00 bits per heavy atom. The van der Waals surface area contributed by atoms with Crippen molar-refractivity contribution in [2.45, 2.75) is 10.8 Å². The Kier molecular flexibility index (Phi) is 8.29. The average molecular weight is 455 g/mol. The maximum atomic E-state index is 13.0. The number of aliphatic hydroxyl groups is 1. The summed E-state index contributed by atoms with van der Waals surface area (Å²) < 4.78 is 10.9. The van der Waals surface area contributed by atoms with Gasteiger partial charge in [-0.2, -0.15) is 0 Å². The topological polar surface area (TPSA) is 96.8 Å². The fraction of sp³-hybridized carbons (Fsp3) is 0.261. The van der Waals surface area contributed by atoms with Crippen molar-refractivity contribution in [3.8, 4) is 11.5 Å². The molecule has 0 spiro atoms. The van der Waals surface area contributed by atoms with Gasteiger partial charge in [-0.15, -0.1) is 11.8 Å². The van der Waals surface area contributed by atoms with Crippen LogP contribution in [0.4, 0.5) is 11.5 Å². The number of benzene rings is 1. The van der Waals surface area contributed by atoms with Gasteiger partial charge in [0.15, 0.2) is 0 Å². The minimum atomic E-state index is -0.247. The standard InChI is InChI=1S/C23H26N4O4S/c1-27(2)21-13-17(8-10-24-21)26-22(29)19-5-4-9-25-23(19)32-15-16-6-7-18(30-3)14-20(16)31-12-11-28/h4-10,13-14,28H,11-12,15H2,1-3H3,(H,24,26,29). The highest BCUT2D eigenvalue weighted by Gasteiger charge is 2.15. The molecule has 8 nitrogen and oxygen atoms in total. The van der Waals surface area contributed by atoms with E-state index in [2.05, 4.69) is 15.3 Å². The summed E-state index contributed by atoms with van der Waals surface area (Å²) in [5, 5.41) is 12.6. The lowest BCUT2D eigenvalue weighted by molar-refractivity contribution is 0.102. The van der Waals surface area contributed by atoms with E-state index >= 15 is 0 Å². The summed E-state index contributed by atoms with van der Waals surface area (Å²) in [7, 11) is 5.37. The van der Waals surface area contributed by atoms with Crippen molar-refractivity contribution in [2.24, 2.45) is 0 Å². The molecule has 2 heterocycles.